The van der Waals surface area contributed by atoms with Crippen LogP contribution in [0.25, 0.3) is 22.2 Å². The Hall–Kier alpha value is -2.82. The lowest BCUT2D eigenvalue weighted by Crippen LogP contribution is -2.27. The number of nitrogens with one attached hydrogen (secondary N) is 2. The fraction of sp³-hybridized carbons (Fsp3) is 0.222. The molecule has 118 valence electrons. The summed E-state index contributed by atoms with van der Waals surface area (Å²) in [5, 5.41) is 3.81. The first-order valence-electron chi connectivity index (χ1n) is 7.45. The molecule has 1 aromatic carbocycles. The van der Waals surface area contributed by atoms with Crippen LogP contribution in [0.4, 0.5) is 10.5 Å². The summed E-state index contributed by atoms with van der Waals surface area (Å²) < 4.78 is 5.28. The minimum absolute atomic E-state index is 0.463. The molecule has 5 heteroatoms. The van der Waals surface area contributed by atoms with Crippen LogP contribution in [0.2, 0.25) is 0 Å². The first-order chi connectivity index (χ1) is 10.9. The van der Waals surface area contributed by atoms with Crippen LogP contribution in [0.1, 0.15) is 20.8 Å². The van der Waals surface area contributed by atoms with E-state index in [1.54, 1.807) is 6.20 Å². The number of hydrogen-bond acceptors (Lipinski definition) is 3. The molecule has 2 aromatic heterocycles. The number of aromatic amines is 1. The third kappa shape index (κ3) is 3.51. The number of rotatable bonds is 2. The standard InChI is InChI=1S/C18H19N3O2/c1-18(2,3)23-17(22)21-13-7-4-6-12(10-13)15-11-20-16-14(15)8-5-9-19-16/h4-11H,1-3H3,(H,19,20)(H,21,22). The summed E-state index contributed by atoms with van der Waals surface area (Å²) in [5.74, 6) is 0. The molecular weight excluding hydrogens is 290 g/mol. The molecule has 0 radical (unpaired) electrons. The molecule has 23 heavy (non-hydrogen) atoms. The van der Waals surface area contributed by atoms with Crippen molar-refractivity contribution in [2.24, 2.45) is 0 Å². The summed E-state index contributed by atoms with van der Waals surface area (Å²) in [7, 11) is 0. The number of anilines is 1. The van der Waals surface area contributed by atoms with Gasteiger partial charge in [0.15, 0.2) is 0 Å². The maximum atomic E-state index is 11.9. The Balaban J connectivity index is 1.87. The summed E-state index contributed by atoms with van der Waals surface area (Å²) in [5.41, 5.74) is 3.05. The highest BCUT2D eigenvalue weighted by atomic mass is 16.6. The van der Waals surface area contributed by atoms with Crippen molar-refractivity contribution in [1.82, 2.24) is 9.97 Å². The molecule has 0 bridgehead atoms. The van der Waals surface area contributed by atoms with E-state index in [-0.39, 0.29) is 0 Å². The SMILES string of the molecule is CC(C)(C)OC(=O)Nc1cccc(-c2c[nH]c3ncccc23)c1. The zero-order chi connectivity index (χ0) is 16.4. The molecule has 0 saturated carbocycles. The lowest BCUT2D eigenvalue weighted by atomic mass is 10.1. The summed E-state index contributed by atoms with van der Waals surface area (Å²) in [4.78, 5) is 19.3. The van der Waals surface area contributed by atoms with Crippen molar-refractivity contribution in [3.63, 3.8) is 0 Å². The summed E-state index contributed by atoms with van der Waals surface area (Å²) in [6.07, 6.45) is 3.21. The molecule has 2 heterocycles. The summed E-state index contributed by atoms with van der Waals surface area (Å²) in [6, 6.07) is 11.6. The predicted octanol–water partition coefficient (Wildman–Crippen LogP) is 4.58. The van der Waals surface area contributed by atoms with Crippen molar-refractivity contribution >= 4 is 22.8 Å². The molecule has 0 atom stereocenters. The van der Waals surface area contributed by atoms with Gasteiger partial charge >= 0.3 is 6.09 Å². The number of aromatic nitrogens is 2. The highest BCUT2D eigenvalue weighted by Gasteiger charge is 2.16. The third-order valence-corrected chi connectivity index (χ3v) is 3.27. The summed E-state index contributed by atoms with van der Waals surface area (Å²) in [6.45, 7) is 5.51. The molecule has 5 nitrogen and oxygen atoms in total. The maximum Gasteiger partial charge on any atom is 0.412 e. The highest BCUT2D eigenvalue weighted by Crippen LogP contribution is 2.29. The Morgan fingerprint density at radius 3 is 2.83 bits per heavy atom. The molecular formula is C18H19N3O2. The molecule has 1 amide bonds. The molecule has 0 aliphatic rings. The fourth-order valence-corrected chi connectivity index (χ4v) is 2.38. The Kier molecular flexibility index (Phi) is 3.78. The number of pyridine rings is 1. The first-order valence-corrected chi connectivity index (χ1v) is 7.45. The van der Waals surface area contributed by atoms with E-state index in [4.69, 9.17) is 4.74 Å². The third-order valence-electron chi connectivity index (χ3n) is 3.27. The van der Waals surface area contributed by atoms with Crippen molar-refractivity contribution in [1.29, 1.82) is 0 Å². The fourth-order valence-electron chi connectivity index (χ4n) is 2.38. The number of amides is 1. The summed E-state index contributed by atoms with van der Waals surface area (Å²) >= 11 is 0. The Morgan fingerprint density at radius 2 is 2.04 bits per heavy atom. The van der Waals surface area contributed by atoms with Gasteiger partial charge in [0.1, 0.15) is 11.2 Å². The van der Waals surface area contributed by atoms with E-state index >= 15 is 0 Å². The van der Waals surface area contributed by atoms with Crippen molar-refractivity contribution in [3.8, 4) is 11.1 Å². The van der Waals surface area contributed by atoms with Crippen LogP contribution in [0.5, 0.6) is 0 Å². The largest absolute Gasteiger partial charge is 0.444 e. The molecule has 2 N–H and O–H groups in total. The number of benzene rings is 1. The second-order valence-electron chi connectivity index (χ2n) is 6.31. The Morgan fingerprint density at radius 1 is 1.22 bits per heavy atom. The first kappa shape index (κ1) is 15.1. The van der Waals surface area contributed by atoms with E-state index in [1.165, 1.54) is 0 Å². The van der Waals surface area contributed by atoms with Crippen molar-refractivity contribution in [3.05, 3.63) is 48.8 Å². The van der Waals surface area contributed by atoms with Gasteiger partial charge in [-0.25, -0.2) is 9.78 Å². The number of nitrogens with zero attached hydrogens (tertiary/aromatic N) is 1. The van der Waals surface area contributed by atoms with Crippen LogP contribution in [-0.2, 0) is 4.74 Å². The van der Waals surface area contributed by atoms with Crippen molar-refractivity contribution in [2.75, 3.05) is 5.32 Å². The van der Waals surface area contributed by atoms with Gasteiger partial charge < -0.3 is 9.72 Å². The quantitative estimate of drug-likeness (QED) is 0.728. The van der Waals surface area contributed by atoms with Crippen LogP contribution in [-0.4, -0.2) is 21.7 Å². The minimum atomic E-state index is -0.524. The predicted molar refractivity (Wildman–Crippen MR) is 91.4 cm³/mol. The van der Waals surface area contributed by atoms with Gasteiger partial charge in [0.2, 0.25) is 0 Å². The second-order valence-corrected chi connectivity index (χ2v) is 6.31. The van der Waals surface area contributed by atoms with Gasteiger partial charge in [0.25, 0.3) is 0 Å². The normalized spacial score (nSPS) is 11.4. The van der Waals surface area contributed by atoms with Crippen LogP contribution in [0, 0.1) is 0 Å². The van der Waals surface area contributed by atoms with Crippen LogP contribution >= 0.6 is 0 Å². The zero-order valence-corrected chi connectivity index (χ0v) is 13.4. The Labute approximate surface area is 134 Å². The van der Waals surface area contributed by atoms with Gasteiger partial charge in [-0.15, -0.1) is 0 Å². The molecule has 0 aliphatic carbocycles. The van der Waals surface area contributed by atoms with Gasteiger partial charge in [-0.2, -0.15) is 0 Å². The topological polar surface area (TPSA) is 67.0 Å². The number of ether oxygens (including phenoxy) is 1. The van der Waals surface area contributed by atoms with Gasteiger partial charge in [-0.3, -0.25) is 5.32 Å². The van der Waals surface area contributed by atoms with Crippen LogP contribution in [0.3, 0.4) is 0 Å². The lowest BCUT2D eigenvalue weighted by Gasteiger charge is -2.19. The van der Waals surface area contributed by atoms with Gasteiger partial charge in [0.05, 0.1) is 0 Å². The average molecular weight is 309 g/mol. The highest BCUT2D eigenvalue weighted by molar-refractivity contribution is 5.94. The van der Waals surface area contributed by atoms with Gasteiger partial charge in [-0.05, 0) is 50.6 Å². The molecule has 0 unspecified atom stereocenters. The molecule has 0 aliphatic heterocycles. The molecule has 0 spiro atoms. The molecule has 0 saturated heterocycles. The number of carbonyl (C=O) groups is 1. The number of fused-ring (bicyclic) bond motifs is 1. The van der Waals surface area contributed by atoms with E-state index in [9.17, 15) is 4.79 Å². The molecule has 0 fully saturated rings. The number of carbonyl (C=O) groups excluding carboxylic acids is 1. The van der Waals surface area contributed by atoms with Crippen LogP contribution < -0.4 is 5.32 Å². The van der Waals surface area contributed by atoms with E-state index in [0.29, 0.717) is 5.69 Å². The van der Waals surface area contributed by atoms with Crippen LogP contribution in [0.15, 0.2) is 48.8 Å². The Bertz CT molecular complexity index is 847. The molecule has 3 aromatic rings. The van der Waals surface area contributed by atoms with E-state index in [0.717, 1.165) is 22.2 Å². The smallest absolute Gasteiger partial charge is 0.412 e. The second kappa shape index (κ2) is 5.76. The average Bonchev–Trinajstić information content (AvgIpc) is 2.89. The van der Waals surface area contributed by atoms with Crippen molar-refractivity contribution < 1.29 is 9.53 Å². The minimum Gasteiger partial charge on any atom is -0.444 e. The maximum absolute atomic E-state index is 11.9. The lowest BCUT2D eigenvalue weighted by molar-refractivity contribution is 0.0636. The zero-order valence-electron chi connectivity index (χ0n) is 13.4. The van der Waals surface area contributed by atoms with Crippen molar-refractivity contribution in [2.45, 2.75) is 26.4 Å². The number of hydrogen-bond donors (Lipinski definition) is 2. The monoisotopic (exact) mass is 309 g/mol. The van der Waals surface area contributed by atoms with Gasteiger partial charge in [0, 0.05) is 29.0 Å². The van der Waals surface area contributed by atoms with E-state index in [2.05, 4.69) is 15.3 Å². The molecule has 3 rings (SSSR count). The van der Waals surface area contributed by atoms with Gasteiger partial charge in [-0.1, -0.05) is 12.1 Å². The van der Waals surface area contributed by atoms with E-state index < -0.39 is 11.7 Å². The number of H-pyrrole nitrogens is 1. The van der Waals surface area contributed by atoms with E-state index in [1.807, 2.05) is 63.4 Å².